The number of aryl methyl sites for hydroxylation is 4. The summed E-state index contributed by atoms with van der Waals surface area (Å²) >= 11 is 0. The standard InChI is InChI=1S/C48H40N4/c1-29-13-5-9-17-33(29)45-37-21-23-39(49-37)46(34-18-10-6-14-30(34)2)41-25-27-43(51-41)48(36-20-12-8-16-32(36)4)44-28-26-42(52-44)47(40-24-22-38(45)50-40)35-19-11-7-15-31(35)3/h5-28,49-52H,1-4H3. The van der Waals surface area contributed by atoms with Crippen molar-refractivity contribution in [1.29, 1.82) is 0 Å². The van der Waals surface area contributed by atoms with Crippen LogP contribution < -0.4 is 21.4 Å². The first-order valence-corrected chi connectivity index (χ1v) is 18.0. The van der Waals surface area contributed by atoms with Crippen molar-refractivity contribution in [3.63, 3.8) is 0 Å². The van der Waals surface area contributed by atoms with Crippen LogP contribution in [0.4, 0.5) is 0 Å². The van der Waals surface area contributed by atoms with Crippen molar-refractivity contribution in [2.75, 3.05) is 0 Å². The van der Waals surface area contributed by atoms with E-state index in [1.807, 2.05) is 0 Å². The summed E-state index contributed by atoms with van der Waals surface area (Å²) in [6.07, 6.45) is 0. The lowest BCUT2D eigenvalue weighted by atomic mass is 9.98. The van der Waals surface area contributed by atoms with Gasteiger partial charge in [0.2, 0.25) is 0 Å². The predicted octanol–water partition coefficient (Wildman–Crippen LogP) is 7.54. The number of rotatable bonds is 4. The van der Waals surface area contributed by atoms with Crippen molar-refractivity contribution in [2.45, 2.75) is 27.7 Å². The minimum atomic E-state index is 1.05. The second-order valence-electron chi connectivity index (χ2n) is 13.9. The molecule has 0 saturated heterocycles. The molecule has 0 spiro atoms. The van der Waals surface area contributed by atoms with Crippen molar-refractivity contribution in [2.24, 2.45) is 0 Å². The van der Waals surface area contributed by atoms with Gasteiger partial charge in [-0.2, -0.15) is 0 Å². The van der Waals surface area contributed by atoms with E-state index in [0.29, 0.717) is 0 Å². The van der Waals surface area contributed by atoms with E-state index in [2.05, 4.69) is 193 Å². The first-order valence-electron chi connectivity index (χ1n) is 18.0. The van der Waals surface area contributed by atoms with Gasteiger partial charge in [-0.3, -0.25) is 0 Å². The van der Waals surface area contributed by atoms with Crippen LogP contribution in [0.2, 0.25) is 0 Å². The van der Waals surface area contributed by atoms with Gasteiger partial charge in [0.25, 0.3) is 0 Å². The summed E-state index contributed by atoms with van der Waals surface area (Å²) in [5.74, 6) is 0. The van der Waals surface area contributed by atoms with Gasteiger partial charge in [0.15, 0.2) is 0 Å². The molecule has 0 aliphatic carbocycles. The Kier molecular flexibility index (Phi) is 7.66. The van der Waals surface area contributed by atoms with Crippen molar-refractivity contribution >= 4 is 22.3 Å². The average molecular weight is 673 g/mol. The molecule has 8 bridgehead atoms. The summed E-state index contributed by atoms with van der Waals surface area (Å²) < 4.78 is 0. The van der Waals surface area contributed by atoms with Crippen molar-refractivity contribution < 1.29 is 0 Å². The predicted molar refractivity (Wildman–Crippen MR) is 213 cm³/mol. The molecule has 0 saturated carbocycles. The second-order valence-corrected chi connectivity index (χ2v) is 13.9. The van der Waals surface area contributed by atoms with Crippen molar-refractivity contribution in [3.8, 4) is 0 Å². The van der Waals surface area contributed by atoms with E-state index < -0.39 is 0 Å². The molecule has 52 heavy (non-hydrogen) atoms. The first-order chi connectivity index (χ1) is 25.4. The Morgan fingerprint density at radius 3 is 0.712 bits per heavy atom. The maximum absolute atomic E-state index is 3.92. The van der Waals surface area contributed by atoms with Crippen LogP contribution in [0.3, 0.4) is 0 Å². The molecule has 0 fully saturated rings. The highest BCUT2D eigenvalue weighted by Gasteiger charge is 2.20. The third-order valence-corrected chi connectivity index (χ3v) is 10.6. The first kappa shape index (κ1) is 31.5. The minimum absolute atomic E-state index is 1.05. The zero-order valence-corrected chi connectivity index (χ0v) is 29.9. The molecule has 4 aromatic heterocycles. The molecule has 0 radical (unpaired) electrons. The molecule has 0 atom stereocenters. The zero-order chi connectivity index (χ0) is 35.3. The summed E-state index contributed by atoms with van der Waals surface area (Å²) in [4.78, 5) is 15.7. The van der Waals surface area contributed by atoms with Gasteiger partial charge in [-0.15, -0.1) is 0 Å². The van der Waals surface area contributed by atoms with Crippen LogP contribution >= 0.6 is 0 Å². The van der Waals surface area contributed by atoms with Crippen LogP contribution in [0, 0.1) is 27.7 Å². The number of benzene rings is 4. The molecular formula is C48H40N4. The monoisotopic (exact) mass is 672 g/mol. The fourth-order valence-electron chi connectivity index (χ4n) is 7.90. The lowest BCUT2D eigenvalue weighted by Crippen LogP contribution is -2.19. The number of hydrogen-bond acceptors (Lipinski definition) is 0. The Bertz CT molecular complexity index is 2510. The maximum Gasteiger partial charge on any atom is 0.0486 e. The Balaban J connectivity index is 1.47. The normalized spacial score (nSPS) is 12.8. The van der Waals surface area contributed by atoms with Crippen LogP contribution in [0.15, 0.2) is 146 Å². The summed E-state index contributed by atoms with van der Waals surface area (Å²) in [5.41, 5.74) is 18.3. The zero-order valence-electron chi connectivity index (χ0n) is 29.9. The lowest BCUT2D eigenvalue weighted by Gasteiger charge is -2.12. The van der Waals surface area contributed by atoms with E-state index >= 15 is 0 Å². The molecule has 252 valence electrons. The van der Waals surface area contributed by atoms with E-state index in [4.69, 9.17) is 0 Å². The third kappa shape index (κ3) is 5.32. The number of aromatic amines is 4. The average Bonchev–Trinajstić information content (AvgIpc) is 3.99. The summed E-state index contributed by atoms with van der Waals surface area (Å²) in [6, 6.07) is 52.4. The van der Waals surface area contributed by atoms with E-state index in [1.165, 1.54) is 44.5 Å². The summed E-state index contributed by atoms with van der Waals surface area (Å²) in [7, 11) is 0. The van der Waals surface area contributed by atoms with Gasteiger partial charge in [0.1, 0.15) is 0 Å². The number of nitrogens with one attached hydrogen (secondary N) is 4. The summed E-state index contributed by atoms with van der Waals surface area (Å²) in [5, 5.41) is 4.20. The quantitative estimate of drug-likeness (QED) is 0.149. The fraction of sp³-hybridized carbons (Fsp3) is 0.0833. The molecule has 0 unspecified atom stereocenters. The maximum atomic E-state index is 3.92. The van der Waals surface area contributed by atoms with E-state index in [0.717, 1.165) is 66.5 Å². The molecule has 4 heteroatoms. The molecule has 1 aliphatic heterocycles. The van der Waals surface area contributed by atoms with E-state index in [-0.39, 0.29) is 0 Å². The topological polar surface area (TPSA) is 63.2 Å². The van der Waals surface area contributed by atoms with Crippen LogP contribution in [-0.4, -0.2) is 19.9 Å². The molecule has 4 nitrogen and oxygen atoms in total. The summed E-state index contributed by atoms with van der Waals surface area (Å²) in [6.45, 7) is 8.75. The minimum Gasteiger partial charge on any atom is -0.354 e. The second kappa shape index (κ2) is 12.7. The Hall–Kier alpha value is -6.52. The van der Waals surface area contributed by atoms with Crippen LogP contribution in [0.5, 0.6) is 0 Å². The van der Waals surface area contributed by atoms with Gasteiger partial charge < -0.3 is 19.9 Å². The lowest BCUT2D eigenvalue weighted by molar-refractivity contribution is 1.18. The van der Waals surface area contributed by atoms with Crippen LogP contribution in [-0.2, 0) is 0 Å². The van der Waals surface area contributed by atoms with E-state index in [1.54, 1.807) is 0 Å². The number of fused-ring (bicyclic) bond motifs is 8. The highest BCUT2D eigenvalue weighted by atomic mass is 14.8. The van der Waals surface area contributed by atoms with Crippen molar-refractivity contribution in [3.05, 3.63) is 234 Å². The van der Waals surface area contributed by atoms with Crippen molar-refractivity contribution in [1.82, 2.24) is 19.9 Å². The van der Waals surface area contributed by atoms with Gasteiger partial charge >= 0.3 is 0 Å². The van der Waals surface area contributed by atoms with Gasteiger partial charge in [-0.05, 0) is 121 Å². The van der Waals surface area contributed by atoms with Crippen LogP contribution in [0.25, 0.3) is 22.3 Å². The molecular weight excluding hydrogens is 633 g/mol. The smallest absolute Gasteiger partial charge is 0.0486 e. The molecule has 9 rings (SSSR count). The number of aromatic nitrogens is 4. The molecule has 4 N–H and O–H groups in total. The van der Waals surface area contributed by atoms with Gasteiger partial charge in [-0.25, -0.2) is 0 Å². The molecule has 0 amide bonds. The van der Waals surface area contributed by atoms with Gasteiger partial charge in [0, 0.05) is 66.5 Å². The van der Waals surface area contributed by atoms with Crippen LogP contribution in [0.1, 0.15) is 67.3 Å². The highest BCUT2D eigenvalue weighted by Crippen LogP contribution is 2.30. The fourth-order valence-corrected chi connectivity index (χ4v) is 7.90. The van der Waals surface area contributed by atoms with E-state index in [9.17, 15) is 0 Å². The molecule has 5 heterocycles. The molecule has 1 aliphatic rings. The third-order valence-electron chi connectivity index (χ3n) is 10.6. The SMILES string of the molecule is Cc1ccccc1C1=c2ccc([nH]2)=C(c2ccccc2C)c2ccc([nH]2)C(c2ccccc2C)=c2ccc([nH]2)=C(c2ccccc2C)c2ccc1[nH]2. The largest absolute Gasteiger partial charge is 0.354 e. The van der Waals surface area contributed by atoms with Gasteiger partial charge in [0.05, 0.1) is 0 Å². The molecule has 4 aromatic carbocycles. The number of hydrogen-bond donors (Lipinski definition) is 4. The number of H-pyrrole nitrogens is 4. The Morgan fingerprint density at radius 2 is 0.481 bits per heavy atom. The Labute approximate surface area is 303 Å². The highest BCUT2D eigenvalue weighted by molar-refractivity contribution is 5.86. The Morgan fingerprint density at radius 1 is 0.250 bits per heavy atom. The molecule has 8 aromatic rings. The van der Waals surface area contributed by atoms with Gasteiger partial charge in [-0.1, -0.05) is 97.1 Å².